The number of carbonyl (C=O) groups is 1. The Morgan fingerprint density at radius 1 is 1.43 bits per heavy atom. The molecular formula is C10H12N2OS. The first-order chi connectivity index (χ1) is 6.83. The quantitative estimate of drug-likeness (QED) is 0.753. The number of thioether (sulfide) groups is 1. The van der Waals surface area contributed by atoms with Gasteiger partial charge >= 0.3 is 6.03 Å². The molecule has 1 aromatic carbocycles. The van der Waals surface area contributed by atoms with E-state index in [0.717, 1.165) is 23.7 Å². The van der Waals surface area contributed by atoms with Crippen molar-refractivity contribution in [3.8, 4) is 0 Å². The van der Waals surface area contributed by atoms with Gasteiger partial charge in [-0.2, -0.15) is 0 Å². The fourth-order valence-electron chi connectivity index (χ4n) is 1.55. The van der Waals surface area contributed by atoms with E-state index in [-0.39, 0.29) is 6.03 Å². The summed E-state index contributed by atoms with van der Waals surface area (Å²) in [6.45, 7) is 1.50. The molecule has 1 saturated heterocycles. The van der Waals surface area contributed by atoms with Crippen molar-refractivity contribution in [1.29, 1.82) is 0 Å². The summed E-state index contributed by atoms with van der Waals surface area (Å²) in [5.74, 6) is 0. The lowest BCUT2D eigenvalue weighted by Crippen LogP contribution is -2.28. The first-order valence-electron chi connectivity index (χ1n) is 4.51. The monoisotopic (exact) mass is 208 g/mol. The van der Waals surface area contributed by atoms with Crippen molar-refractivity contribution >= 4 is 23.5 Å². The SMILES string of the molecule is CSc1ccccc1N1CCNC1=O. The minimum Gasteiger partial charge on any atom is -0.336 e. The third kappa shape index (κ3) is 1.57. The van der Waals surface area contributed by atoms with Gasteiger partial charge in [-0.3, -0.25) is 4.90 Å². The molecule has 1 aliphatic rings. The van der Waals surface area contributed by atoms with E-state index >= 15 is 0 Å². The molecule has 3 nitrogen and oxygen atoms in total. The maximum Gasteiger partial charge on any atom is 0.322 e. The number of carbonyl (C=O) groups excluding carboxylic acids is 1. The summed E-state index contributed by atoms with van der Waals surface area (Å²) < 4.78 is 0. The van der Waals surface area contributed by atoms with E-state index in [0.29, 0.717) is 0 Å². The molecule has 74 valence electrons. The lowest BCUT2D eigenvalue weighted by Gasteiger charge is -2.16. The third-order valence-corrected chi connectivity index (χ3v) is 3.02. The van der Waals surface area contributed by atoms with Gasteiger partial charge in [-0.05, 0) is 18.4 Å². The molecule has 0 saturated carbocycles. The Bertz CT molecular complexity index is 354. The normalized spacial score (nSPS) is 15.8. The van der Waals surface area contributed by atoms with Crippen LogP contribution in [0.3, 0.4) is 0 Å². The molecule has 2 rings (SSSR count). The van der Waals surface area contributed by atoms with Crippen LogP contribution in [-0.2, 0) is 0 Å². The molecule has 0 bridgehead atoms. The zero-order chi connectivity index (χ0) is 9.97. The number of hydrogen-bond acceptors (Lipinski definition) is 2. The molecule has 1 aliphatic heterocycles. The summed E-state index contributed by atoms with van der Waals surface area (Å²) in [4.78, 5) is 14.4. The van der Waals surface area contributed by atoms with Gasteiger partial charge in [0.05, 0.1) is 5.69 Å². The van der Waals surface area contributed by atoms with Crippen molar-refractivity contribution in [3.05, 3.63) is 24.3 Å². The highest BCUT2D eigenvalue weighted by atomic mass is 32.2. The highest BCUT2D eigenvalue weighted by molar-refractivity contribution is 7.98. The maximum atomic E-state index is 11.4. The predicted molar refractivity (Wildman–Crippen MR) is 59.0 cm³/mol. The van der Waals surface area contributed by atoms with Gasteiger partial charge in [-0.25, -0.2) is 4.79 Å². The summed E-state index contributed by atoms with van der Waals surface area (Å²) in [6, 6.07) is 7.97. The molecule has 0 atom stereocenters. The Hall–Kier alpha value is -1.16. The number of hydrogen-bond donors (Lipinski definition) is 1. The van der Waals surface area contributed by atoms with E-state index in [1.807, 2.05) is 30.5 Å². The van der Waals surface area contributed by atoms with E-state index in [1.165, 1.54) is 0 Å². The van der Waals surface area contributed by atoms with E-state index in [2.05, 4.69) is 5.32 Å². The first kappa shape index (κ1) is 9.40. The van der Waals surface area contributed by atoms with Crippen LogP contribution >= 0.6 is 11.8 Å². The molecule has 1 fully saturated rings. The molecule has 1 heterocycles. The third-order valence-electron chi connectivity index (χ3n) is 2.23. The fourth-order valence-corrected chi connectivity index (χ4v) is 2.16. The van der Waals surface area contributed by atoms with Crippen LogP contribution in [0.25, 0.3) is 0 Å². The van der Waals surface area contributed by atoms with E-state index in [1.54, 1.807) is 16.7 Å². The van der Waals surface area contributed by atoms with Crippen molar-refractivity contribution in [2.45, 2.75) is 4.90 Å². The van der Waals surface area contributed by atoms with Crippen LogP contribution in [0.2, 0.25) is 0 Å². The number of anilines is 1. The highest BCUT2D eigenvalue weighted by Crippen LogP contribution is 2.28. The van der Waals surface area contributed by atoms with E-state index in [9.17, 15) is 4.79 Å². The van der Waals surface area contributed by atoms with E-state index in [4.69, 9.17) is 0 Å². The van der Waals surface area contributed by atoms with Crippen molar-refractivity contribution in [2.24, 2.45) is 0 Å². The molecule has 14 heavy (non-hydrogen) atoms. The zero-order valence-electron chi connectivity index (χ0n) is 7.99. The highest BCUT2D eigenvalue weighted by Gasteiger charge is 2.22. The number of amides is 2. The van der Waals surface area contributed by atoms with Crippen molar-refractivity contribution in [2.75, 3.05) is 24.2 Å². The second-order valence-electron chi connectivity index (χ2n) is 3.06. The predicted octanol–water partition coefficient (Wildman–Crippen LogP) is 1.94. The Labute approximate surface area is 87.5 Å². The molecular weight excluding hydrogens is 196 g/mol. The van der Waals surface area contributed by atoms with E-state index < -0.39 is 0 Å². The number of rotatable bonds is 2. The summed E-state index contributed by atoms with van der Waals surface area (Å²) in [5.41, 5.74) is 1.01. The Morgan fingerprint density at radius 3 is 2.86 bits per heavy atom. The molecule has 0 aliphatic carbocycles. The average Bonchev–Trinajstić information content (AvgIpc) is 2.64. The Morgan fingerprint density at radius 2 is 2.21 bits per heavy atom. The summed E-state index contributed by atoms with van der Waals surface area (Å²) in [6.07, 6.45) is 2.02. The smallest absolute Gasteiger partial charge is 0.322 e. The average molecular weight is 208 g/mol. The number of nitrogens with one attached hydrogen (secondary N) is 1. The molecule has 0 radical (unpaired) electrons. The largest absolute Gasteiger partial charge is 0.336 e. The maximum absolute atomic E-state index is 11.4. The van der Waals surface area contributed by atoms with Gasteiger partial charge in [0, 0.05) is 18.0 Å². The molecule has 2 amide bonds. The minimum absolute atomic E-state index is 0.00602. The first-order valence-corrected chi connectivity index (χ1v) is 5.74. The summed E-state index contributed by atoms with van der Waals surface area (Å²) in [7, 11) is 0. The lowest BCUT2D eigenvalue weighted by molar-refractivity contribution is 0.252. The van der Waals surface area contributed by atoms with Crippen LogP contribution in [0.1, 0.15) is 0 Å². The molecule has 1 N–H and O–H groups in total. The molecule has 4 heteroatoms. The van der Waals surface area contributed by atoms with Gasteiger partial charge < -0.3 is 5.32 Å². The second kappa shape index (κ2) is 3.92. The van der Waals surface area contributed by atoms with Crippen molar-refractivity contribution < 1.29 is 4.79 Å². The van der Waals surface area contributed by atoms with Gasteiger partial charge in [-0.15, -0.1) is 11.8 Å². The Kier molecular flexibility index (Phi) is 2.63. The molecule has 0 unspecified atom stereocenters. The topological polar surface area (TPSA) is 32.3 Å². The van der Waals surface area contributed by atoms with Gasteiger partial charge in [0.25, 0.3) is 0 Å². The van der Waals surface area contributed by atoms with Crippen molar-refractivity contribution in [1.82, 2.24) is 5.32 Å². The van der Waals surface area contributed by atoms with Crippen LogP contribution in [0.15, 0.2) is 29.2 Å². The Balaban J connectivity index is 2.35. The van der Waals surface area contributed by atoms with Crippen LogP contribution in [-0.4, -0.2) is 25.4 Å². The molecule has 0 spiro atoms. The van der Waals surface area contributed by atoms with Gasteiger partial charge in [0.1, 0.15) is 0 Å². The molecule has 1 aromatic rings. The van der Waals surface area contributed by atoms with Crippen LogP contribution < -0.4 is 10.2 Å². The van der Waals surface area contributed by atoms with Crippen LogP contribution in [0.5, 0.6) is 0 Å². The number of nitrogens with zero attached hydrogens (tertiary/aromatic N) is 1. The van der Waals surface area contributed by atoms with Crippen molar-refractivity contribution in [3.63, 3.8) is 0 Å². The second-order valence-corrected chi connectivity index (χ2v) is 3.90. The fraction of sp³-hybridized carbons (Fsp3) is 0.300. The van der Waals surface area contributed by atoms with Gasteiger partial charge in [-0.1, -0.05) is 12.1 Å². The summed E-state index contributed by atoms with van der Waals surface area (Å²) >= 11 is 1.66. The standard InChI is InChI=1S/C10H12N2OS/c1-14-9-5-3-2-4-8(9)12-7-6-11-10(12)13/h2-5H,6-7H2,1H3,(H,11,13). The number of para-hydroxylation sites is 1. The van der Waals surface area contributed by atoms with Crippen LogP contribution in [0, 0.1) is 0 Å². The number of benzene rings is 1. The molecule has 0 aromatic heterocycles. The number of urea groups is 1. The van der Waals surface area contributed by atoms with Gasteiger partial charge in [0.2, 0.25) is 0 Å². The summed E-state index contributed by atoms with van der Waals surface area (Å²) in [5, 5.41) is 2.80. The minimum atomic E-state index is 0.00602. The van der Waals surface area contributed by atoms with Gasteiger partial charge in [0.15, 0.2) is 0 Å². The zero-order valence-corrected chi connectivity index (χ0v) is 8.80. The lowest BCUT2D eigenvalue weighted by atomic mass is 10.3. The van der Waals surface area contributed by atoms with Crippen LogP contribution in [0.4, 0.5) is 10.5 Å².